The van der Waals surface area contributed by atoms with Gasteiger partial charge in [-0.05, 0) is 12.8 Å². The maximum Gasteiger partial charge on any atom is 0.107 e. The van der Waals surface area contributed by atoms with Crippen LogP contribution in [0.1, 0.15) is 44.3 Å². The molecule has 1 unspecified atom stereocenters. The van der Waals surface area contributed by atoms with E-state index in [0.717, 1.165) is 19.8 Å². The molecule has 2 aliphatic heterocycles. The average molecular weight is 266 g/mol. The molecule has 1 aromatic heterocycles. The second-order valence-electron chi connectivity index (χ2n) is 6.57. The Morgan fingerprint density at radius 2 is 2.28 bits per heavy atom. The lowest BCUT2D eigenvalue weighted by atomic mass is 9.84. The molecule has 0 saturated carbocycles. The third-order valence-corrected chi connectivity index (χ3v) is 5.08. The fourth-order valence-electron chi connectivity index (χ4n) is 2.77. The lowest BCUT2D eigenvalue weighted by Crippen LogP contribution is -2.59. The summed E-state index contributed by atoms with van der Waals surface area (Å²) in [5.74, 6) is 0. The Bertz CT molecular complexity index is 429. The minimum Gasteiger partial charge on any atom is -0.379 e. The highest BCUT2D eigenvalue weighted by atomic mass is 32.1. The number of thiazole rings is 1. The Morgan fingerprint density at radius 3 is 2.78 bits per heavy atom. The van der Waals surface area contributed by atoms with Crippen LogP contribution in [0.4, 0.5) is 0 Å². The zero-order chi connectivity index (χ0) is 12.8. The topological polar surface area (TPSA) is 25.4 Å². The lowest BCUT2D eigenvalue weighted by molar-refractivity contribution is -0.0275. The van der Waals surface area contributed by atoms with Gasteiger partial charge in [0, 0.05) is 29.5 Å². The van der Waals surface area contributed by atoms with Crippen LogP contribution >= 0.6 is 11.3 Å². The summed E-state index contributed by atoms with van der Waals surface area (Å²) in [7, 11) is 0. The quantitative estimate of drug-likeness (QED) is 0.823. The summed E-state index contributed by atoms with van der Waals surface area (Å²) in [5, 5.41) is 3.47. The van der Waals surface area contributed by atoms with Gasteiger partial charge in [-0.25, -0.2) is 4.98 Å². The van der Waals surface area contributed by atoms with Crippen molar-refractivity contribution in [3.05, 3.63) is 16.1 Å². The standard InChI is InChI=1S/C14H22N2OS/c1-13(2,3)11-9-18-12(15-11)8-16-6-4-14(16)5-7-17-10-14/h9H,4-8,10H2,1-3H3. The maximum atomic E-state index is 5.57. The van der Waals surface area contributed by atoms with Gasteiger partial charge in [0.2, 0.25) is 0 Å². The van der Waals surface area contributed by atoms with Crippen LogP contribution in [-0.4, -0.2) is 35.2 Å². The number of aromatic nitrogens is 1. The van der Waals surface area contributed by atoms with Gasteiger partial charge in [0.15, 0.2) is 0 Å². The van der Waals surface area contributed by atoms with Crippen LogP contribution in [0, 0.1) is 0 Å². The molecular weight excluding hydrogens is 244 g/mol. The summed E-state index contributed by atoms with van der Waals surface area (Å²) in [6.07, 6.45) is 2.50. The van der Waals surface area contributed by atoms with Gasteiger partial charge in [0.1, 0.15) is 5.01 Å². The van der Waals surface area contributed by atoms with Gasteiger partial charge in [0.25, 0.3) is 0 Å². The van der Waals surface area contributed by atoms with Gasteiger partial charge < -0.3 is 4.74 Å². The van der Waals surface area contributed by atoms with Gasteiger partial charge >= 0.3 is 0 Å². The van der Waals surface area contributed by atoms with E-state index in [1.54, 1.807) is 11.3 Å². The average Bonchev–Trinajstić information content (AvgIpc) is 2.93. The molecule has 1 atom stereocenters. The van der Waals surface area contributed by atoms with Crippen LogP contribution in [0.25, 0.3) is 0 Å². The number of hydrogen-bond acceptors (Lipinski definition) is 4. The van der Waals surface area contributed by atoms with Crippen molar-refractivity contribution in [2.75, 3.05) is 19.8 Å². The van der Waals surface area contributed by atoms with Crippen LogP contribution in [0.2, 0.25) is 0 Å². The molecule has 0 amide bonds. The zero-order valence-corrected chi connectivity index (χ0v) is 12.3. The van der Waals surface area contributed by atoms with Crippen molar-refractivity contribution >= 4 is 11.3 Å². The van der Waals surface area contributed by atoms with Crippen molar-refractivity contribution in [1.82, 2.24) is 9.88 Å². The first-order chi connectivity index (χ1) is 8.50. The molecule has 0 bridgehead atoms. The summed E-state index contributed by atoms with van der Waals surface area (Å²) < 4.78 is 5.57. The molecule has 0 aliphatic carbocycles. The normalized spacial score (nSPS) is 28.8. The molecule has 0 N–H and O–H groups in total. The second-order valence-corrected chi connectivity index (χ2v) is 7.52. The number of hydrogen-bond donors (Lipinski definition) is 0. The van der Waals surface area contributed by atoms with E-state index in [2.05, 4.69) is 31.1 Å². The number of ether oxygens (including phenoxy) is 1. The molecule has 2 aliphatic rings. The largest absolute Gasteiger partial charge is 0.379 e. The summed E-state index contributed by atoms with van der Waals surface area (Å²) in [6, 6.07) is 0. The van der Waals surface area contributed by atoms with Crippen LogP contribution in [0.5, 0.6) is 0 Å². The first kappa shape index (κ1) is 12.6. The van der Waals surface area contributed by atoms with Gasteiger partial charge in [-0.3, -0.25) is 4.90 Å². The molecular formula is C14H22N2OS. The third kappa shape index (κ3) is 2.10. The van der Waals surface area contributed by atoms with E-state index in [1.807, 2.05) is 0 Å². The predicted molar refractivity (Wildman–Crippen MR) is 74.0 cm³/mol. The highest BCUT2D eigenvalue weighted by Gasteiger charge is 2.47. The zero-order valence-electron chi connectivity index (χ0n) is 11.5. The number of nitrogens with zero attached hydrogens (tertiary/aromatic N) is 2. The Balaban J connectivity index is 1.68. The molecule has 2 saturated heterocycles. The Kier molecular flexibility index (Phi) is 3.00. The predicted octanol–water partition coefficient (Wildman–Crippen LogP) is 2.81. The summed E-state index contributed by atoms with van der Waals surface area (Å²) in [6.45, 7) is 10.7. The molecule has 4 heteroatoms. The molecule has 0 radical (unpaired) electrons. The van der Waals surface area contributed by atoms with Crippen molar-refractivity contribution < 1.29 is 4.74 Å². The minimum atomic E-state index is 0.165. The van der Waals surface area contributed by atoms with Crippen molar-refractivity contribution in [1.29, 1.82) is 0 Å². The van der Waals surface area contributed by atoms with E-state index in [1.165, 1.54) is 30.1 Å². The number of rotatable bonds is 2. The Labute approximate surface area is 113 Å². The van der Waals surface area contributed by atoms with Crippen molar-refractivity contribution in [3.8, 4) is 0 Å². The van der Waals surface area contributed by atoms with Crippen LogP contribution in [-0.2, 0) is 16.7 Å². The molecule has 3 rings (SSSR count). The lowest BCUT2D eigenvalue weighted by Gasteiger charge is -2.49. The summed E-state index contributed by atoms with van der Waals surface area (Å²) >= 11 is 1.80. The number of likely N-dealkylation sites (tertiary alicyclic amines) is 1. The van der Waals surface area contributed by atoms with Crippen LogP contribution in [0.15, 0.2) is 5.38 Å². The SMILES string of the molecule is CC(C)(C)c1csc(CN2CCC23CCOC3)n1. The van der Waals surface area contributed by atoms with E-state index in [0.29, 0.717) is 5.54 Å². The van der Waals surface area contributed by atoms with E-state index >= 15 is 0 Å². The highest BCUT2D eigenvalue weighted by Crippen LogP contribution is 2.39. The molecule has 3 heterocycles. The third-order valence-electron chi connectivity index (χ3n) is 4.25. The maximum absolute atomic E-state index is 5.57. The van der Waals surface area contributed by atoms with Gasteiger partial charge in [-0.15, -0.1) is 11.3 Å². The Hall–Kier alpha value is -0.450. The molecule has 100 valence electrons. The second kappa shape index (κ2) is 4.29. The molecule has 3 nitrogen and oxygen atoms in total. The van der Waals surface area contributed by atoms with Gasteiger partial charge in [-0.1, -0.05) is 20.8 Å². The van der Waals surface area contributed by atoms with E-state index < -0.39 is 0 Å². The monoisotopic (exact) mass is 266 g/mol. The summed E-state index contributed by atoms with van der Waals surface area (Å²) in [4.78, 5) is 7.35. The smallest absolute Gasteiger partial charge is 0.107 e. The van der Waals surface area contributed by atoms with Crippen LogP contribution < -0.4 is 0 Å². The fraction of sp³-hybridized carbons (Fsp3) is 0.786. The van der Waals surface area contributed by atoms with Crippen molar-refractivity contribution in [3.63, 3.8) is 0 Å². The highest BCUT2D eigenvalue weighted by molar-refractivity contribution is 7.09. The minimum absolute atomic E-state index is 0.165. The molecule has 1 spiro atoms. The molecule has 18 heavy (non-hydrogen) atoms. The van der Waals surface area contributed by atoms with Crippen LogP contribution in [0.3, 0.4) is 0 Å². The first-order valence-electron chi connectivity index (χ1n) is 6.77. The van der Waals surface area contributed by atoms with E-state index in [4.69, 9.17) is 9.72 Å². The van der Waals surface area contributed by atoms with E-state index in [-0.39, 0.29) is 5.41 Å². The Morgan fingerprint density at radius 1 is 1.44 bits per heavy atom. The first-order valence-corrected chi connectivity index (χ1v) is 7.65. The molecule has 1 aromatic rings. The molecule has 2 fully saturated rings. The van der Waals surface area contributed by atoms with Gasteiger partial charge in [-0.2, -0.15) is 0 Å². The van der Waals surface area contributed by atoms with Gasteiger partial charge in [0.05, 0.1) is 18.8 Å². The van der Waals surface area contributed by atoms with Crippen molar-refractivity contribution in [2.45, 2.75) is 51.1 Å². The summed E-state index contributed by atoms with van der Waals surface area (Å²) in [5.41, 5.74) is 1.74. The van der Waals surface area contributed by atoms with Crippen molar-refractivity contribution in [2.24, 2.45) is 0 Å². The molecule has 0 aromatic carbocycles. The van der Waals surface area contributed by atoms with E-state index in [9.17, 15) is 0 Å². The fourth-order valence-corrected chi connectivity index (χ4v) is 3.80.